The fourth-order valence-corrected chi connectivity index (χ4v) is 4.46. The minimum absolute atomic E-state index is 0.0131. The van der Waals surface area contributed by atoms with Crippen LogP contribution in [0.2, 0.25) is 0 Å². The Morgan fingerprint density at radius 3 is 2.66 bits per heavy atom. The van der Waals surface area contributed by atoms with E-state index in [-0.39, 0.29) is 17.7 Å². The molecule has 0 aromatic heterocycles. The zero-order valence-corrected chi connectivity index (χ0v) is 19.7. The zero-order valence-electron chi connectivity index (χ0n) is 19.7. The summed E-state index contributed by atoms with van der Waals surface area (Å²) < 4.78 is 11.4. The third-order valence-electron chi connectivity index (χ3n) is 6.57. The smallest absolute Gasteiger partial charge is 0.223 e. The Balaban J connectivity index is 1.37. The van der Waals surface area contributed by atoms with Crippen LogP contribution in [0, 0.1) is 5.92 Å². The Hall–Kier alpha value is -2.12. The molecule has 2 amide bonds. The fraction of sp³-hybridized carbons (Fsp3) is 0.680. The standard InChI is InChI=1S/C25H39N3O4/c1-3-5-24(29)28-12-8-21(9-13-28)25(30)26-19-20-6-4-7-23(18-20)32-17-14-27(2)22-10-15-31-16-11-22/h4,6-7,18,21-22H,3,5,8-17,19H2,1-2H3,(H,26,30). The van der Waals surface area contributed by atoms with E-state index in [2.05, 4.69) is 17.3 Å². The first-order valence-corrected chi connectivity index (χ1v) is 12.1. The van der Waals surface area contributed by atoms with Crippen molar-refractivity contribution in [2.45, 2.75) is 58.0 Å². The van der Waals surface area contributed by atoms with Crippen LogP contribution in [0.3, 0.4) is 0 Å². The Bertz CT molecular complexity index is 728. The molecule has 3 rings (SSSR count). The predicted molar refractivity (Wildman–Crippen MR) is 124 cm³/mol. The van der Waals surface area contributed by atoms with Gasteiger partial charge in [0.1, 0.15) is 12.4 Å². The number of amides is 2. The van der Waals surface area contributed by atoms with Crippen molar-refractivity contribution in [3.63, 3.8) is 0 Å². The SMILES string of the molecule is CCCC(=O)N1CCC(C(=O)NCc2cccc(OCCN(C)C3CCOCC3)c2)CC1. The molecule has 0 aliphatic carbocycles. The summed E-state index contributed by atoms with van der Waals surface area (Å²) >= 11 is 0. The van der Waals surface area contributed by atoms with Crippen molar-refractivity contribution in [2.75, 3.05) is 46.5 Å². The van der Waals surface area contributed by atoms with Gasteiger partial charge >= 0.3 is 0 Å². The summed E-state index contributed by atoms with van der Waals surface area (Å²) in [5.74, 6) is 1.11. The Kier molecular flexibility index (Phi) is 9.81. The van der Waals surface area contributed by atoms with Crippen LogP contribution >= 0.6 is 0 Å². The molecule has 2 heterocycles. The third kappa shape index (κ3) is 7.48. The largest absolute Gasteiger partial charge is 0.492 e. The van der Waals surface area contributed by atoms with Gasteiger partial charge in [0.25, 0.3) is 0 Å². The summed E-state index contributed by atoms with van der Waals surface area (Å²) in [6, 6.07) is 8.51. The molecule has 0 atom stereocenters. The molecule has 2 fully saturated rings. The molecule has 32 heavy (non-hydrogen) atoms. The second kappa shape index (κ2) is 12.8. The van der Waals surface area contributed by atoms with Gasteiger partial charge in [0.2, 0.25) is 11.8 Å². The average molecular weight is 446 g/mol. The lowest BCUT2D eigenvalue weighted by Gasteiger charge is -2.31. The molecule has 2 aliphatic rings. The molecule has 2 saturated heterocycles. The normalized spacial score (nSPS) is 18.0. The maximum Gasteiger partial charge on any atom is 0.223 e. The van der Waals surface area contributed by atoms with E-state index in [1.807, 2.05) is 36.1 Å². The van der Waals surface area contributed by atoms with Crippen LogP contribution in [-0.2, 0) is 20.9 Å². The van der Waals surface area contributed by atoms with Crippen molar-refractivity contribution in [2.24, 2.45) is 5.92 Å². The summed E-state index contributed by atoms with van der Waals surface area (Å²) in [5.41, 5.74) is 1.03. The topological polar surface area (TPSA) is 71.1 Å². The number of likely N-dealkylation sites (N-methyl/N-ethyl adjacent to an activating group) is 1. The molecule has 178 valence electrons. The van der Waals surface area contributed by atoms with Crippen LogP contribution in [0.4, 0.5) is 0 Å². The van der Waals surface area contributed by atoms with Crippen molar-refractivity contribution < 1.29 is 19.1 Å². The summed E-state index contributed by atoms with van der Waals surface area (Å²) in [5, 5.41) is 3.06. The molecule has 0 radical (unpaired) electrons. The Morgan fingerprint density at radius 2 is 1.94 bits per heavy atom. The van der Waals surface area contributed by atoms with Crippen molar-refractivity contribution in [3.05, 3.63) is 29.8 Å². The molecular formula is C25H39N3O4. The second-order valence-corrected chi connectivity index (χ2v) is 8.94. The number of rotatable bonds is 10. The lowest BCUT2D eigenvalue weighted by atomic mass is 9.95. The van der Waals surface area contributed by atoms with E-state index >= 15 is 0 Å². The maximum atomic E-state index is 12.6. The lowest BCUT2D eigenvalue weighted by molar-refractivity contribution is -0.135. The Morgan fingerprint density at radius 1 is 1.19 bits per heavy atom. The monoisotopic (exact) mass is 445 g/mol. The minimum atomic E-state index is -0.0131. The van der Waals surface area contributed by atoms with Crippen LogP contribution in [0.15, 0.2) is 24.3 Å². The van der Waals surface area contributed by atoms with Crippen molar-refractivity contribution in [1.29, 1.82) is 0 Å². The number of carbonyl (C=O) groups is 2. The number of benzene rings is 1. The van der Waals surface area contributed by atoms with Crippen LogP contribution in [0.5, 0.6) is 5.75 Å². The molecule has 0 bridgehead atoms. The number of hydrogen-bond acceptors (Lipinski definition) is 5. The van der Waals surface area contributed by atoms with Gasteiger partial charge in [-0.3, -0.25) is 14.5 Å². The van der Waals surface area contributed by atoms with Gasteiger partial charge in [-0.15, -0.1) is 0 Å². The van der Waals surface area contributed by atoms with Crippen LogP contribution < -0.4 is 10.1 Å². The van der Waals surface area contributed by atoms with Crippen molar-refractivity contribution in [3.8, 4) is 5.75 Å². The van der Waals surface area contributed by atoms with Gasteiger partial charge in [-0.1, -0.05) is 19.1 Å². The van der Waals surface area contributed by atoms with E-state index in [0.717, 1.165) is 63.2 Å². The number of carbonyl (C=O) groups excluding carboxylic acids is 2. The highest BCUT2D eigenvalue weighted by Gasteiger charge is 2.26. The number of ether oxygens (including phenoxy) is 2. The number of nitrogens with one attached hydrogen (secondary N) is 1. The van der Waals surface area contributed by atoms with Crippen LogP contribution in [0.25, 0.3) is 0 Å². The highest BCUT2D eigenvalue weighted by Crippen LogP contribution is 2.19. The zero-order chi connectivity index (χ0) is 22.8. The van der Waals surface area contributed by atoms with Gasteiger partial charge < -0.3 is 19.7 Å². The molecule has 7 heteroatoms. The molecule has 0 spiro atoms. The minimum Gasteiger partial charge on any atom is -0.492 e. The number of nitrogens with zero attached hydrogens (tertiary/aromatic N) is 2. The van der Waals surface area contributed by atoms with E-state index in [1.54, 1.807) is 0 Å². The van der Waals surface area contributed by atoms with E-state index in [0.29, 0.717) is 38.7 Å². The molecule has 0 saturated carbocycles. The highest BCUT2D eigenvalue weighted by atomic mass is 16.5. The molecule has 0 unspecified atom stereocenters. The second-order valence-electron chi connectivity index (χ2n) is 8.94. The van der Waals surface area contributed by atoms with E-state index in [4.69, 9.17) is 9.47 Å². The van der Waals surface area contributed by atoms with E-state index < -0.39 is 0 Å². The Labute approximate surface area is 192 Å². The van der Waals surface area contributed by atoms with Crippen molar-refractivity contribution in [1.82, 2.24) is 15.1 Å². The third-order valence-corrected chi connectivity index (χ3v) is 6.57. The first kappa shape index (κ1) is 24.5. The molecule has 1 aromatic carbocycles. The molecule has 1 aromatic rings. The van der Waals surface area contributed by atoms with Crippen LogP contribution in [-0.4, -0.2) is 74.2 Å². The predicted octanol–water partition coefficient (Wildman–Crippen LogP) is 2.83. The van der Waals surface area contributed by atoms with Crippen molar-refractivity contribution >= 4 is 11.8 Å². The summed E-state index contributed by atoms with van der Waals surface area (Å²) in [4.78, 5) is 28.9. The first-order chi connectivity index (χ1) is 15.6. The summed E-state index contributed by atoms with van der Waals surface area (Å²) in [7, 11) is 2.15. The summed E-state index contributed by atoms with van der Waals surface area (Å²) in [6.07, 6.45) is 5.12. The van der Waals surface area contributed by atoms with Gasteiger partial charge in [-0.2, -0.15) is 0 Å². The lowest BCUT2D eigenvalue weighted by Crippen LogP contribution is -2.42. The molecule has 1 N–H and O–H groups in total. The van der Waals surface area contributed by atoms with E-state index in [1.165, 1.54) is 0 Å². The number of likely N-dealkylation sites (tertiary alicyclic amines) is 1. The van der Waals surface area contributed by atoms with Crippen LogP contribution in [0.1, 0.15) is 51.0 Å². The van der Waals surface area contributed by atoms with Gasteiger partial charge in [-0.05, 0) is 56.8 Å². The number of piperidine rings is 1. The fourth-order valence-electron chi connectivity index (χ4n) is 4.46. The van der Waals surface area contributed by atoms with E-state index in [9.17, 15) is 9.59 Å². The van der Waals surface area contributed by atoms with Gasteiger partial charge in [0, 0.05) is 57.8 Å². The molecule has 7 nitrogen and oxygen atoms in total. The quantitative estimate of drug-likeness (QED) is 0.600. The van der Waals surface area contributed by atoms with Gasteiger partial charge in [0.05, 0.1) is 0 Å². The molecule has 2 aliphatic heterocycles. The maximum absolute atomic E-state index is 12.6. The van der Waals surface area contributed by atoms with Gasteiger partial charge in [-0.25, -0.2) is 0 Å². The van der Waals surface area contributed by atoms with Gasteiger partial charge in [0.15, 0.2) is 0 Å². The average Bonchev–Trinajstić information content (AvgIpc) is 2.83. The summed E-state index contributed by atoms with van der Waals surface area (Å²) in [6.45, 7) is 7.09. The number of hydrogen-bond donors (Lipinski definition) is 1. The first-order valence-electron chi connectivity index (χ1n) is 12.1. The molecular weight excluding hydrogens is 406 g/mol. The highest BCUT2D eigenvalue weighted by molar-refractivity contribution is 5.80.